The number of para-hydroxylation sites is 2. The van der Waals surface area contributed by atoms with Gasteiger partial charge in [0.2, 0.25) is 0 Å². The zero-order valence-electron chi connectivity index (χ0n) is 22.1. The summed E-state index contributed by atoms with van der Waals surface area (Å²) in [5, 5.41) is 3.69. The van der Waals surface area contributed by atoms with Crippen LogP contribution in [0.25, 0.3) is 52.1 Å². The fraction of sp³-hybridized carbons (Fsp3) is 0. The summed E-state index contributed by atoms with van der Waals surface area (Å²) in [7, 11) is 0. The molecule has 8 aromatic rings. The van der Waals surface area contributed by atoms with Crippen LogP contribution in [0.1, 0.15) is 0 Å². The maximum Gasteiger partial charge on any atom is 0.124 e. The lowest BCUT2D eigenvalue weighted by Crippen LogP contribution is -2.09. The number of fused-ring (bicyclic) bond motifs is 5. The normalized spacial score (nSPS) is 11.4. The number of hydrogen-bond acceptors (Lipinski definition) is 4. The van der Waals surface area contributed by atoms with Crippen LogP contribution in [0.2, 0.25) is 0 Å². The number of benzene rings is 6. The minimum atomic E-state index is 1.07. The summed E-state index contributed by atoms with van der Waals surface area (Å²) >= 11 is 3.65. The average Bonchev–Trinajstić information content (AvgIpc) is 3.64. The molecule has 0 fully saturated rings. The van der Waals surface area contributed by atoms with Crippen molar-refractivity contribution < 1.29 is 0 Å². The van der Waals surface area contributed by atoms with Crippen LogP contribution in [0, 0.1) is 0 Å². The highest BCUT2D eigenvalue weighted by Crippen LogP contribution is 2.43. The molecule has 0 aliphatic rings. The SMILES string of the molecule is c1ccc(-c2nc3ccc4sc5ccc(-c6ccc(N(c7ccccc7)c7ccccc7)cc6)cc5c4c3s2)cc1. The highest BCUT2D eigenvalue weighted by atomic mass is 32.1. The molecule has 2 nitrogen and oxygen atoms in total. The van der Waals surface area contributed by atoms with Crippen LogP contribution in [0.4, 0.5) is 17.1 Å². The lowest BCUT2D eigenvalue weighted by Gasteiger charge is -2.25. The molecule has 0 bridgehead atoms. The van der Waals surface area contributed by atoms with E-state index in [-0.39, 0.29) is 0 Å². The van der Waals surface area contributed by atoms with E-state index in [1.54, 1.807) is 11.3 Å². The molecular weight excluding hydrogens is 537 g/mol. The standard InChI is InChI=1S/C37H24N2S2/c1-4-10-26(11-5-1)37-38-32-21-23-34-35(36(32)41-37)31-24-27(18-22-33(31)40-34)25-16-19-30(20-17-25)39(28-12-6-2-7-13-28)29-14-8-3-9-15-29/h1-24H. The topological polar surface area (TPSA) is 16.1 Å². The van der Waals surface area contributed by atoms with Gasteiger partial charge in [0.05, 0.1) is 10.2 Å². The molecule has 194 valence electrons. The number of aromatic nitrogens is 1. The summed E-state index contributed by atoms with van der Waals surface area (Å²) in [6.07, 6.45) is 0. The molecule has 41 heavy (non-hydrogen) atoms. The van der Waals surface area contributed by atoms with Gasteiger partial charge in [0.15, 0.2) is 0 Å². The van der Waals surface area contributed by atoms with E-state index < -0.39 is 0 Å². The Morgan fingerprint density at radius 2 is 1.05 bits per heavy atom. The van der Waals surface area contributed by atoms with Gasteiger partial charge in [-0.25, -0.2) is 4.98 Å². The van der Waals surface area contributed by atoms with Crippen LogP contribution in [0.15, 0.2) is 146 Å². The average molecular weight is 561 g/mol. The summed E-state index contributed by atoms with van der Waals surface area (Å²) in [5.74, 6) is 0. The quantitative estimate of drug-likeness (QED) is 0.208. The van der Waals surface area contributed by atoms with Gasteiger partial charge in [-0.15, -0.1) is 22.7 Å². The zero-order valence-corrected chi connectivity index (χ0v) is 23.7. The summed E-state index contributed by atoms with van der Waals surface area (Å²) < 4.78 is 3.88. The summed E-state index contributed by atoms with van der Waals surface area (Å²) in [5.41, 5.74) is 8.08. The van der Waals surface area contributed by atoms with Gasteiger partial charge in [0.25, 0.3) is 0 Å². The summed E-state index contributed by atoms with van der Waals surface area (Å²) in [6.45, 7) is 0. The van der Waals surface area contributed by atoms with Crippen LogP contribution in [-0.4, -0.2) is 4.98 Å². The molecule has 0 N–H and O–H groups in total. The third-order valence-electron chi connectivity index (χ3n) is 7.50. The lowest BCUT2D eigenvalue weighted by molar-refractivity contribution is 1.28. The molecule has 0 spiro atoms. The molecule has 0 saturated carbocycles. The van der Waals surface area contributed by atoms with Crippen molar-refractivity contribution in [1.82, 2.24) is 4.98 Å². The summed E-state index contributed by atoms with van der Waals surface area (Å²) in [4.78, 5) is 7.29. The predicted molar refractivity (Wildman–Crippen MR) is 178 cm³/mol. The highest BCUT2D eigenvalue weighted by molar-refractivity contribution is 7.28. The van der Waals surface area contributed by atoms with Crippen LogP contribution in [0.3, 0.4) is 0 Å². The van der Waals surface area contributed by atoms with Crippen LogP contribution < -0.4 is 4.90 Å². The fourth-order valence-corrected chi connectivity index (χ4v) is 7.83. The number of rotatable bonds is 5. The van der Waals surface area contributed by atoms with Crippen molar-refractivity contribution >= 4 is 70.1 Å². The molecule has 0 unspecified atom stereocenters. The maximum absolute atomic E-state index is 4.99. The Kier molecular flexibility index (Phi) is 5.87. The van der Waals surface area contributed by atoms with Gasteiger partial charge in [-0.2, -0.15) is 0 Å². The van der Waals surface area contributed by atoms with E-state index in [0.29, 0.717) is 0 Å². The van der Waals surface area contributed by atoms with Gasteiger partial charge < -0.3 is 4.90 Å². The van der Waals surface area contributed by atoms with E-state index in [4.69, 9.17) is 4.98 Å². The van der Waals surface area contributed by atoms with E-state index in [1.165, 1.54) is 41.6 Å². The molecular formula is C37H24N2S2. The minimum absolute atomic E-state index is 1.07. The van der Waals surface area contributed by atoms with Gasteiger partial charge in [0.1, 0.15) is 5.01 Å². The molecule has 0 amide bonds. The van der Waals surface area contributed by atoms with Crippen molar-refractivity contribution in [3.8, 4) is 21.7 Å². The van der Waals surface area contributed by atoms with E-state index in [1.807, 2.05) is 11.3 Å². The number of nitrogens with zero attached hydrogens (tertiary/aromatic N) is 2. The number of thiazole rings is 1. The minimum Gasteiger partial charge on any atom is -0.311 e. The second kappa shape index (κ2) is 10.0. The van der Waals surface area contributed by atoms with Crippen molar-refractivity contribution in [2.45, 2.75) is 0 Å². The molecule has 0 atom stereocenters. The van der Waals surface area contributed by atoms with Crippen LogP contribution >= 0.6 is 22.7 Å². The van der Waals surface area contributed by atoms with Crippen molar-refractivity contribution in [1.29, 1.82) is 0 Å². The number of thiophene rings is 1. The Labute approximate surface area is 246 Å². The Morgan fingerprint density at radius 3 is 1.73 bits per heavy atom. The Morgan fingerprint density at radius 1 is 0.463 bits per heavy atom. The third-order valence-corrected chi connectivity index (χ3v) is 9.77. The molecule has 0 saturated heterocycles. The van der Waals surface area contributed by atoms with Gasteiger partial charge in [0, 0.05) is 42.8 Å². The first-order valence-corrected chi connectivity index (χ1v) is 15.3. The van der Waals surface area contributed by atoms with Crippen LogP contribution in [0.5, 0.6) is 0 Å². The third kappa shape index (κ3) is 4.29. The lowest BCUT2D eigenvalue weighted by atomic mass is 10.0. The van der Waals surface area contributed by atoms with E-state index in [0.717, 1.165) is 27.6 Å². The molecule has 0 radical (unpaired) electrons. The maximum atomic E-state index is 4.99. The molecule has 2 heterocycles. The van der Waals surface area contributed by atoms with E-state index in [9.17, 15) is 0 Å². The number of hydrogen-bond donors (Lipinski definition) is 0. The van der Waals surface area contributed by atoms with Crippen molar-refractivity contribution in [2.24, 2.45) is 0 Å². The molecule has 0 aliphatic heterocycles. The van der Waals surface area contributed by atoms with Crippen molar-refractivity contribution in [3.63, 3.8) is 0 Å². The van der Waals surface area contributed by atoms with Gasteiger partial charge in [-0.3, -0.25) is 0 Å². The number of anilines is 3. The second-order valence-corrected chi connectivity index (χ2v) is 12.1. The molecule has 2 aromatic heterocycles. The van der Waals surface area contributed by atoms with Crippen LogP contribution in [-0.2, 0) is 0 Å². The fourth-order valence-electron chi connectivity index (χ4n) is 5.53. The Hall–Kier alpha value is -4.77. The monoisotopic (exact) mass is 560 g/mol. The van der Waals surface area contributed by atoms with Crippen molar-refractivity contribution in [2.75, 3.05) is 4.90 Å². The predicted octanol–water partition coefficient (Wildman–Crippen LogP) is 11.5. The van der Waals surface area contributed by atoms with E-state index in [2.05, 4.69) is 150 Å². The Bertz CT molecular complexity index is 2090. The molecule has 6 aromatic carbocycles. The van der Waals surface area contributed by atoms with Gasteiger partial charge in [-0.1, -0.05) is 84.9 Å². The molecule has 4 heteroatoms. The summed E-state index contributed by atoms with van der Waals surface area (Å²) in [6, 6.07) is 51.7. The smallest absolute Gasteiger partial charge is 0.124 e. The Balaban J connectivity index is 1.22. The van der Waals surface area contributed by atoms with E-state index >= 15 is 0 Å². The highest BCUT2D eigenvalue weighted by Gasteiger charge is 2.15. The van der Waals surface area contributed by atoms with Crippen molar-refractivity contribution in [3.05, 3.63) is 146 Å². The first-order valence-electron chi connectivity index (χ1n) is 13.6. The molecule has 8 rings (SSSR count). The van der Waals surface area contributed by atoms with Gasteiger partial charge >= 0.3 is 0 Å². The first-order chi connectivity index (χ1) is 20.3. The van der Waals surface area contributed by atoms with Gasteiger partial charge in [-0.05, 0) is 71.8 Å². The second-order valence-electron chi connectivity index (χ2n) is 10.0. The first kappa shape index (κ1) is 24.1. The zero-order chi connectivity index (χ0) is 27.2. The molecule has 0 aliphatic carbocycles. The largest absolute Gasteiger partial charge is 0.311 e.